The second kappa shape index (κ2) is 6.55. The number of benzene rings is 1. The Bertz CT molecular complexity index is 327. The van der Waals surface area contributed by atoms with Gasteiger partial charge in [-0.25, -0.2) is 8.78 Å². The molecule has 0 amide bonds. The van der Waals surface area contributed by atoms with Crippen LogP contribution in [0.25, 0.3) is 0 Å². The maximum atomic E-state index is 13.2. The number of hydrogen-bond donors (Lipinski definition) is 2. The van der Waals surface area contributed by atoms with E-state index in [0.717, 1.165) is 18.6 Å². The van der Waals surface area contributed by atoms with Crippen molar-refractivity contribution >= 4 is 0 Å². The lowest BCUT2D eigenvalue weighted by Gasteiger charge is -2.12. The Morgan fingerprint density at radius 1 is 1.38 bits per heavy atom. The smallest absolute Gasteiger partial charge is 0.127 e. The highest BCUT2D eigenvalue weighted by Crippen LogP contribution is 2.09. The van der Waals surface area contributed by atoms with E-state index < -0.39 is 11.6 Å². The molecule has 0 heterocycles. The average Bonchev–Trinajstić information content (AvgIpc) is 2.29. The fourth-order valence-corrected chi connectivity index (χ4v) is 1.43. The van der Waals surface area contributed by atoms with Gasteiger partial charge in [0.25, 0.3) is 0 Å². The summed E-state index contributed by atoms with van der Waals surface area (Å²) >= 11 is 0. The van der Waals surface area contributed by atoms with Crippen LogP contribution in [0.15, 0.2) is 18.2 Å². The minimum absolute atomic E-state index is 0.106. The largest absolute Gasteiger partial charge is 0.396 e. The van der Waals surface area contributed by atoms with Crippen molar-refractivity contribution in [3.05, 3.63) is 35.4 Å². The molecule has 0 saturated heterocycles. The van der Waals surface area contributed by atoms with Gasteiger partial charge in [-0.05, 0) is 30.5 Å². The minimum Gasteiger partial charge on any atom is -0.396 e. The lowest BCUT2D eigenvalue weighted by molar-refractivity contribution is 0.218. The zero-order chi connectivity index (χ0) is 12.0. The Labute approximate surface area is 94.3 Å². The quantitative estimate of drug-likeness (QED) is 0.782. The molecule has 90 valence electrons. The molecule has 0 aliphatic rings. The molecule has 16 heavy (non-hydrogen) atoms. The molecule has 0 bridgehead atoms. The van der Waals surface area contributed by atoms with E-state index in [9.17, 15) is 8.78 Å². The van der Waals surface area contributed by atoms with Crippen molar-refractivity contribution in [3.63, 3.8) is 0 Å². The second-order valence-corrected chi connectivity index (χ2v) is 3.82. The Balaban J connectivity index is 2.45. The number of hydrogen-bond acceptors (Lipinski definition) is 2. The van der Waals surface area contributed by atoms with Crippen molar-refractivity contribution in [2.45, 2.75) is 19.9 Å². The summed E-state index contributed by atoms with van der Waals surface area (Å²) in [7, 11) is 0. The number of halogens is 2. The van der Waals surface area contributed by atoms with Gasteiger partial charge in [-0.15, -0.1) is 0 Å². The van der Waals surface area contributed by atoms with Crippen LogP contribution in [-0.4, -0.2) is 18.3 Å². The van der Waals surface area contributed by atoms with Gasteiger partial charge in [0.15, 0.2) is 0 Å². The van der Waals surface area contributed by atoms with Gasteiger partial charge in [0.05, 0.1) is 0 Å². The monoisotopic (exact) mass is 229 g/mol. The Kier molecular flexibility index (Phi) is 5.35. The predicted molar refractivity (Wildman–Crippen MR) is 58.9 cm³/mol. The van der Waals surface area contributed by atoms with Crippen molar-refractivity contribution in [1.29, 1.82) is 0 Å². The third kappa shape index (κ3) is 3.87. The van der Waals surface area contributed by atoms with Crippen LogP contribution < -0.4 is 5.32 Å². The molecule has 4 heteroatoms. The van der Waals surface area contributed by atoms with Gasteiger partial charge in [-0.3, -0.25) is 0 Å². The molecule has 0 radical (unpaired) electrons. The number of aliphatic hydroxyl groups is 1. The molecule has 1 atom stereocenters. The summed E-state index contributed by atoms with van der Waals surface area (Å²) in [6, 6.07) is 3.40. The second-order valence-electron chi connectivity index (χ2n) is 3.82. The fraction of sp³-hybridized carbons (Fsp3) is 0.500. The molecule has 1 aromatic rings. The summed E-state index contributed by atoms with van der Waals surface area (Å²) in [5.41, 5.74) is 0.313. The summed E-state index contributed by atoms with van der Waals surface area (Å²) in [5, 5.41) is 12.0. The molecule has 1 aromatic carbocycles. The van der Waals surface area contributed by atoms with Gasteiger partial charge in [0, 0.05) is 25.3 Å². The van der Waals surface area contributed by atoms with E-state index in [2.05, 4.69) is 5.32 Å². The summed E-state index contributed by atoms with van der Waals surface area (Å²) < 4.78 is 26.0. The lowest BCUT2D eigenvalue weighted by atomic mass is 10.1. The molecular formula is C12H17F2NO. The topological polar surface area (TPSA) is 32.3 Å². The van der Waals surface area contributed by atoms with Gasteiger partial charge < -0.3 is 10.4 Å². The van der Waals surface area contributed by atoms with Gasteiger partial charge in [-0.1, -0.05) is 6.92 Å². The average molecular weight is 229 g/mol. The molecule has 0 fully saturated rings. The van der Waals surface area contributed by atoms with Gasteiger partial charge >= 0.3 is 0 Å². The third-order valence-electron chi connectivity index (χ3n) is 2.59. The molecule has 1 unspecified atom stereocenters. The van der Waals surface area contributed by atoms with Gasteiger partial charge in [-0.2, -0.15) is 0 Å². The van der Waals surface area contributed by atoms with Crippen LogP contribution in [0, 0.1) is 17.6 Å². The van der Waals surface area contributed by atoms with E-state index in [0.29, 0.717) is 12.1 Å². The van der Waals surface area contributed by atoms with Crippen LogP contribution >= 0.6 is 0 Å². The number of rotatable bonds is 6. The molecule has 2 nitrogen and oxygen atoms in total. The van der Waals surface area contributed by atoms with Gasteiger partial charge in [0.2, 0.25) is 0 Å². The Hall–Kier alpha value is -1.00. The summed E-state index contributed by atoms with van der Waals surface area (Å²) in [6.45, 7) is 2.96. The normalized spacial score (nSPS) is 12.8. The molecule has 0 aromatic heterocycles. The van der Waals surface area contributed by atoms with Crippen molar-refractivity contribution in [2.24, 2.45) is 5.92 Å². The van der Waals surface area contributed by atoms with Crippen LogP contribution in [0.5, 0.6) is 0 Å². The first-order valence-corrected chi connectivity index (χ1v) is 5.42. The van der Waals surface area contributed by atoms with E-state index >= 15 is 0 Å². The summed E-state index contributed by atoms with van der Waals surface area (Å²) in [6.07, 6.45) is 0.856. The highest BCUT2D eigenvalue weighted by molar-refractivity contribution is 5.18. The van der Waals surface area contributed by atoms with E-state index in [1.165, 1.54) is 6.07 Å². The fourth-order valence-electron chi connectivity index (χ4n) is 1.43. The number of nitrogens with one attached hydrogen (secondary N) is 1. The molecular weight excluding hydrogens is 212 g/mol. The van der Waals surface area contributed by atoms with E-state index in [-0.39, 0.29) is 19.1 Å². The molecule has 0 saturated carbocycles. The maximum Gasteiger partial charge on any atom is 0.127 e. The summed E-state index contributed by atoms with van der Waals surface area (Å²) in [5.74, 6) is -0.685. The Morgan fingerprint density at radius 3 is 2.75 bits per heavy atom. The first-order valence-electron chi connectivity index (χ1n) is 5.42. The van der Waals surface area contributed by atoms with Crippen molar-refractivity contribution in [2.75, 3.05) is 13.2 Å². The van der Waals surface area contributed by atoms with E-state index in [1.54, 1.807) is 0 Å². The maximum absolute atomic E-state index is 13.2. The summed E-state index contributed by atoms with van der Waals surface area (Å²) in [4.78, 5) is 0. The zero-order valence-corrected chi connectivity index (χ0v) is 9.34. The minimum atomic E-state index is -0.438. The highest BCUT2D eigenvalue weighted by Gasteiger charge is 2.06. The SMILES string of the molecule is CCC(CO)CNCc1cc(F)ccc1F. The van der Waals surface area contributed by atoms with Crippen molar-refractivity contribution in [3.8, 4) is 0 Å². The van der Waals surface area contributed by atoms with Crippen LogP contribution in [0.2, 0.25) is 0 Å². The van der Waals surface area contributed by atoms with Gasteiger partial charge in [0.1, 0.15) is 11.6 Å². The van der Waals surface area contributed by atoms with Crippen LogP contribution in [0.4, 0.5) is 8.78 Å². The van der Waals surface area contributed by atoms with E-state index in [1.807, 2.05) is 6.92 Å². The molecule has 0 aliphatic heterocycles. The van der Waals surface area contributed by atoms with E-state index in [4.69, 9.17) is 5.11 Å². The zero-order valence-electron chi connectivity index (χ0n) is 9.34. The lowest BCUT2D eigenvalue weighted by Crippen LogP contribution is -2.24. The van der Waals surface area contributed by atoms with Crippen LogP contribution in [0.1, 0.15) is 18.9 Å². The first-order chi connectivity index (χ1) is 7.67. The van der Waals surface area contributed by atoms with Crippen molar-refractivity contribution < 1.29 is 13.9 Å². The predicted octanol–water partition coefficient (Wildman–Crippen LogP) is 2.07. The van der Waals surface area contributed by atoms with Crippen LogP contribution in [-0.2, 0) is 6.54 Å². The molecule has 2 N–H and O–H groups in total. The van der Waals surface area contributed by atoms with Crippen LogP contribution in [0.3, 0.4) is 0 Å². The molecule has 1 rings (SSSR count). The third-order valence-corrected chi connectivity index (χ3v) is 2.59. The number of aliphatic hydroxyl groups excluding tert-OH is 1. The van der Waals surface area contributed by atoms with Crippen molar-refractivity contribution in [1.82, 2.24) is 5.32 Å². The first kappa shape index (κ1) is 13.1. The highest BCUT2D eigenvalue weighted by atomic mass is 19.1. The standard InChI is InChI=1S/C12H17F2NO/c1-2-9(8-16)6-15-7-10-5-11(13)3-4-12(10)14/h3-5,9,15-16H,2,6-8H2,1H3. The Morgan fingerprint density at radius 2 is 2.12 bits per heavy atom. The molecule has 0 spiro atoms. The molecule has 0 aliphatic carbocycles.